The molecule has 0 aliphatic carbocycles. The van der Waals surface area contributed by atoms with E-state index >= 15 is 0 Å². The van der Waals surface area contributed by atoms with Crippen molar-refractivity contribution in [2.75, 3.05) is 33.7 Å². The van der Waals surface area contributed by atoms with E-state index in [0.29, 0.717) is 6.04 Å². The van der Waals surface area contributed by atoms with E-state index in [-0.39, 0.29) is 0 Å². The monoisotopic (exact) mass is 179 g/mol. The Kier molecular flexibility index (Phi) is 2.38. The smallest absolute Gasteiger partial charge is 0.0624 e. The molecule has 0 amide bonds. The minimum absolute atomic E-state index is 0.536. The van der Waals surface area contributed by atoms with Gasteiger partial charge < -0.3 is 9.88 Å². The quantitative estimate of drug-likeness (QED) is 0.693. The molecule has 3 nitrogen and oxygen atoms in total. The number of nitrogens with one attached hydrogen (secondary N) is 1. The van der Waals surface area contributed by atoms with Gasteiger partial charge in [-0.05, 0) is 26.2 Å². The van der Waals surface area contributed by atoms with Crippen molar-refractivity contribution in [3.05, 3.63) is 24.0 Å². The van der Waals surface area contributed by atoms with Crippen LogP contribution in [0, 0.1) is 0 Å². The summed E-state index contributed by atoms with van der Waals surface area (Å²) in [6, 6.07) is 4.77. The predicted octanol–water partition coefficient (Wildman–Crippen LogP) is 0.933. The molecule has 1 N–H and O–H groups in total. The molecular weight excluding hydrogens is 162 g/mol. The van der Waals surface area contributed by atoms with Gasteiger partial charge in [-0.3, -0.25) is 4.90 Å². The molecule has 1 aromatic heterocycles. The molecule has 1 unspecified atom stereocenters. The molecule has 1 saturated heterocycles. The number of aromatic amines is 1. The van der Waals surface area contributed by atoms with E-state index in [1.807, 2.05) is 6.20 Å². The summed E-state index contributed by atoms with van der Waals surface area (Å²) in [4.78, 5) is 8.08. The average Bonchev–Trinajstić information content (AvgIpc) is 2.61. The second-order valence-electron chi connectivity index (χ2n) is 3.88. The fourth-order valence-electron chi connectivity index (χ4n) is 1.90. The zero-order chi connectivity index (χ0) is 9.26. The summed E-state index contributed by atoms with van der Waals surface area (Å²) in [5, 5.41) is 0. The van der Waals surface area contributed by atoms with Crippen molar-refractivity contribution >= 4 is 0 Å². The van der Waals surface area contributed by atoms with Crippen LogP contribution in [0.15, 0.2) is 18.3 Å². The van der Waals surface area contributed by atoms with Gasteiger partial charge >= 0.3 is 0 Å². The Bertz CT molecular complexity index is 255. The van der Waals surface area contributed by atoms with Gasteiger partial charge in [0.2, 0.25) is 0 Å². The maximum Gasteiger partial charge on any atom is 0.0624 e. The van der Waals surface area contributed by atoms with Crippen molar-refractivity contribution in [1.82, 2.24) is 14.8 Å². The van der Waals surface area contributed by atoms with E-state index in [0.717, 1.165) is 13.1 Å². The number of H-pyrrole nitrogens is 1. The number of piperazine rings is 1. The van der Waals surface area contributed by atoms with E-state index in [1.54, 1.807) is 0 Å². The molecule has 1 atom stereocenters. The summed E-state index contributed by atoms with van der Waals surface area (Å²) < 4.78 is 0. The molecule has 1 aromatic rings. The maximum absolute atomic E-state index is 3.29. The maximum atomic E-state index is 3.29. The summed E-state index contributed by atoms with van der Waals surface area (Å²) in [7, 11) is 4.38. The lowest BCUT2D eigenvalue weighted by atomic mass is 10.1. The summed E-state index contributed by atoms with van der Waals surface area (Å²) in [6.45, 7) is 3.45. The highest BCUT2D eigenvalue weighted by atomic mass is 15.3. The van der Waals surface area contributed by atoms with Crippen molar-refractivity contribution < 1.29 is 0 Å². The first kappa shape index (κ1) is 8.78. The lowest BCUT2D eigenvalue weighted by Gasteiger charge is -2.37. The van der Waals surface area contributed by atoms with Crippen LogP contribution < -0.4 is 0 Å². The SMILES string of the molecule is CN1CCN(C)C(c2ccc[nH]2)C1. The summed E-state index contributed by atoms with van der Waals surface area (Å²) in [5.41, 5.74) is 1.33. The number of nitrogens with zero attached hydrogens (tertiary/aromatic N) is 2. The molecule has 1 aliphatic heterocycles. The Morgan fingerprint density at radius 2 is 2.23 bits per heavy atom. The fraction of sp³-hybridized carbons (Fsp3) is 0.600. The zero-order valence-electron chi connectivity index (χ0n) is 8.33. The molecule has 1 aliphatic rings. The van der Waals surface area contributed by atoms with Gasteiger partial charge in [-0.1, -0.05) is 0 Å². The molecule has 0 saturated carbocycles. The van der Waals surface area contributed by atoms with Gasteiger partial charge in [0.25, 0.3) is 0 Å². The summed E-state index contributed by atoms with van der Waals surface area (Å²) >= 11 is 0. The highest BCUT2D eigenvalue weighted by molar-refractivity contribution is 5.10. The molecule has 72 valence electrons. The number of aromatic nitrogens is 1. The molecule has 0 aromatic carbocycles. The molecule has 0 radical (unpaired) electrons. The normalized spacial score (nSPS) is 26.5. The predicted molar refractivity (Wildman–Crippen MR) is 53.7 cm³/mol. The first-order valence-electron chi connectivity index (χ1n) is 4.79. The second kappa shape index (κ2) is 3.52. The molecule has 3 heteroatoms. The van der Waals surface area contributed by atoms with E-state index < -0.39 is 0 Å². The van der Waals surface area contributed by atoms with Crippen LogP contribution in [0.5, 0.6) is 0 Å². The first-order valence-corrected chi connectivity index (χ1v) is 4.79. The van der Waals surface area contributed by atoms with E-state index in [4.69, 9.17) is 0 Å². The standard InChI is InChI=1S/C10H17N3/c1-12-6-7-13(2)10(8-12)9-4-3-5-11-9/h3-5,10-11H,6-8H2,1-2H3. The van der Waals surface area contributed by atoms with Crippen molar-refractivity contribution in [3.8, 4) is 0 Å². The minimum atomic E-state index is 0.536. The summed E-state index contributed by atoms with van der Waals surface area (Å²) in [5.74, 6) is 0. The Labute approximate surface area is 79.3 Å². The second-order valence-corrected chi connectivity index (χ2v) is 3.88. The molecular formula is C10H17N3. The van der Waals surface area contributed by atoms with Crippen molar-refractivity contribution in [2.24, 2.45) is 0 Å². The van der Waals surface area contributed by atoms with E-state index in [2.05, 4.69) is 41.0 Å². The topological polar surface area (TPSA) is 22.3 Å². The molecule has 2 rings (SSSR count). The highest BCUT2D eigenvalue weighted by Crippen LogP contribution is 2.21. The Balaban J connectivity index is 2.12. The average molecular weight is 179 g/mol. The molecule has 1 fully saturated rings. The first-order chi connectivity index (χ1) is 6.27. The summed E-state index contributed by atoms with van der Waals surface area (Å²) in [6.07, 6.45) is 2.00. The number of hydrogen-bond donors (Lipinski definition) is 1. The van der Waals surface area contributed by atoms with E-state index in [1.165, 1.54) is 12.2 Å². The lowest BCUT2D eigenvalue weighted by Crippen LogP contribution is -2.44. The van der Waals surface area contributed by atoms with Gasteiger partial charge in [0.15, 0.2) is 0 Å². The molecule has 0 bridgehead atoms. The van der Waals surface area contributed by atoms with E-state index in [9.17, 15) is 0 Å². The Morgan fingerprint density at radius 3 is 2.92 bits per heavy atom. The highest BCUT2D eigenvalue weighted by Gasteiger charge is 2.23. The van der Waals surface area contributed by atoms with Crippen molar-refractivity contribution in [1.29, 1.82) is 0 Å². The molecule has 0 spiro atoms. The fourth-order valence-corrected chi connectivity index (χ4v) is 1.90. The third kappa shape index (κ3) is 1.76. The van der Waals surface area contributed by atoms with Crippen molar-refractivity contribution in [2.45, 2.75) is 6.04 Å². The Hall–Kier alpha value is -0.800. The third-order valence-electron chi connectivity index (χ3n) is 2.83. The van der Waals surface area contributed by atoms with Crippen LogP contribution >= 0.6 is 0 Å². The lowest BCUT2D eigenvalue weighted by molar-refractivity contribution is 0.113. The van der Waals surface area contributed by atoms with Crippen LogP contribution in [0.2, 0.25) is 0 Å². The third-order valence-corrected chi connectivity index (χ3v) is 2.83. The van der Waals surface area contributed by atoms with Crippen LogP contribution in [-0.2, 0) is 0 Å². The van der Waals surface area contributed by atoms with Crippen LogP contribution in [0.25, 0.3) is 0 Å². The van der Waals surface area contributed by atoms with Crippen molar-refractivity contribution in [3.63, 3.8) is 0 Å². The van der Waals surface area contributed by atoms with Crippen LogP contribution in [0.1, 0.15) is 11.7 Å². The van der Waals surface area contributed by atoms with Gasteiger partial charge in [0, 0.05) is 31.5 Å². The number of likely N-dealkylation sites (N-methyl/N-ethyl adjacent to an activating group) is 2. The van der Waals surface area contributed by atoms with Crippen LogP contribution in [0.4, 0.5) is 0 Å². The van der Waals surface area contributed by atoms with Gasteiger partial charge in [0.1, 0.15) is 0 Å². The molecule has 13 heavy (non-hydrogen) atoms. The van der Waals surface area contributed by atoms with Gasteiger partial charge in [0.05, 0.1) is 6.04 Å². The minimum Gasteiger partial charge on any atom is -0.364 e. The van der Waals surface area contributed by atoms with Gasteiger partial charge in [-0.15, -0.1) is 0 Å². The van der Waals surface area contributed by atoms with Gasteiger partial charge in [-0.2, -0.15) is 0 Å². The number of rotatable bonds is 1. The Morgan fingerprint density at radius 1 is 1.38 bits per heavy atom. The zero-order valence-corrected chi connectivity index (χ0v) is 8.33. The molecule has 2 heterocycles. The van der Waals surface area contributed by atoms with Gasteiger partial charge in [-0.25, -0.2) is 0 Å². The van der Waals surface area contributed by atoms with Crippen LogP contribution in [0.3, 0.4) is 0 Å². The largest absolute Gasteiger partial charge is 0.364 e. The van der Waals surface area contributed by atoms with Crippen LogP contribution in [-0.4, -0.2) is 48.5 Å². The number of hydrogen-bond acceptors (Lipinski definition) is 2.